The molecule has 0 radical (unpaired) electrons. The van der Waals surface area contributed by atoms with Crippen molar-refractivity contribution in [2.45, 2.75) is 0 Å². The highest BCUT2D eigenvalue weighted by Gasteiger charge is 2.14. The molecule has 0 spiro atoms. The minimum atomic E-state index is -0.239. The van der Waals surface area contributed by atoms with Crippen LogP contribution in [0.15, 0.2) is 58.2 Å². The Bertz CT molecular complexity index is 1000. The van der Waals surface area contributed by atoms with E-state index in [4.69, 9.17) is 16.0 Å². The number of aromatic nitrogens is 4. The zero-order valence-electron chi connectivity index (χ0n) is 11.2. The topological polar surface area (TPSA) is 76.2 Å². The van der Waals surface area contributed by atoms with Crippen LogP contribution in [0.5, 0.6) is 0 Å². The fourth-order valence-electron chi connectivity index (χ4n) is 2.28. The largest absolute Gasteiger partial charge is 0.444 e. The van der Waals surface area contributed by atoms with Gasteiger partial charge in [-0.2, -0.15) is 9.61 Å². The highest BCUT2D eigenvalue weighted by atomic mass is 35.5. The third-order valence-electron chi connectivity index (χ3n) is 3.32. The smallest absolute Gasteiger partial charge is 0.274 e. The van der Waals surface area contributed by atoms with Crippen molar-refractivity contribution in [3.05, 3.63) is 64.4 Å². The van der Waals surface area contributed by atoms with Crippen LogP contribution in [0.3, 0.4) is 0 Å². The number of halogens is 1. The van der Waals surface area contributed by atoms with Gasteiger partial charge in [-0.05, 0) is 17.7 Å². The molecule has 0 amide bonds. The minimum absolute atomic E-state index is 0.239. The van der Waals surface area contributed by atoms with Gasteiger partial charge in [-0.25, -0.2) is 4.98 Å². The fraction of sp³-hybridized carbons (Fsp3) is 0. The van der Waals surface area contributed by atoms with Gasteiger partial charge in [-0.3, -0.25) is 4.79 Å². The second kappa shape index (κ2) is 4.85. The van der Waals surface area contributed by atoms with E-state index in [-0.39, 0.29) is 5.56 Å². The number of hydrogen-bond donors (Lipinski definition) is 1. The summed E-state index contributed by atoms with van der Waals surface area (Å²) in [6, 6.07) is 8.70. The number of H-pyrrole nitrogens is 1. The zero-order valence-corrected chi connectivity index (χ0v) is 11.9. The van der Waals surface area contributed by atoms with Crippen LogP contribution in [0.25, 0.3) is 28.4 Å². The van der Waals surface area contributed by atoms with E-state index < -0.39 is 0 Å². The zero-order chi connectivity index (χ0) is 15.1. The molecule has 3 heterocycles. The van der Waals surface area contributed by atoms with E-state index in [0.717, 1.165) is 5.56 Å². The van der Waals surface area contributed by atoms with Crippen LogP contribution in [-0.4, -0.2) is 19.6 Å². The highest BCUT2D eigenvalue weighted by molar-refractivity contribution is 6.30. The number of oxazole rings is 1. The second-order valence-electron chi connectivity index (χ2n) is 4.68. The van der Waals surface area contributed by atoms with E-state index in [1.807, 2.05) is 12.1 Å². The van der Waals surface area contributed by atoms with Crippen LogP contribution in [0.2, 0.25) is 5.02 Å². The molecule has 0 fully saturated rings. The molecule has 22 heavy (non-hydrogen) atoms. The fourth-order valence-corrected chi connectivity index (χ4v) is 2.41. The molecule has 0 bridgehead atoms. The van der Waals surface area contributed by atoms with Crippen molar-refractivity contribution in [1.29, 1.82) is 0 Å². The molecule has 0 saturated heterocycles. The first-order valence-corrected chi connectivity index (χ1v) is 6.87. The Morgan fingerprint density at radius 3 is 2.77 bits per heavy atom. The van der Waals surface area contributed by atoms with Crippen molar-refractivity contribution in [2.24, 2.45) is 0 Å². The Hall–Kier alpha value is -2.86. The van der Waals surface area contributed by atoms with Crippen LogP contribution in [0.1, 0.15) is 0 Å². The lowest BCUT2D eigenvalue weighted by Gasteiger charge is -2.03. The summed E-state index contributed by atoms with van der Waals surface area (Å²) in [4.78, 5) is 19.5. The lowest BCUT2D eigenvalue weighted by molar-refractivity contribution is 0.575. The first kappa shape index (κ1) is 12.8. The van der Waals surface area contributed by atoms with E-state index in [2.05, 4.69) is 15.1 Å². The first-order valence-electron chi connectivity index (χ1n) is 6.49. The van der Waals surface area contributed by atoms with E-state index in [1.54, 1.807) is 24.5 Å². The van der Waals surface area contributed by atoms with Crippen molar-refractivity contribution < 1.29 is 4.42 Å². The Morgan fingerprint density at radius 2 is 2.05 bits per heavy atom. The van der Waals surface area contributed by atoms with E-state index >= 15 is 0 Å². The molecule has 4 aromatic rings. The Labute approximate surface area is 129 Å². The maximum atomic E-state index is 12.2. The van der Waals surface area contributed by atoms with Gasteiger partial charge in [0.15, 0.2) is 5.65 Å². The number of hydrogen-bond acceptors (Lipinski definition) is 4. The number of nitrogens with zero attached hydrogens (tertiary/aromatic N) is 3. The molecular formula is C15H9ClN4O2. The molecular weight excluding hydrogens is 304 g/mol. The van der Waals surface area contributed by atoms with Gasteiger partial charge in [-0.1, -0.05) is 23.7 Å². The summed E-state index contributed by atoms with van der Waals surface area (Å²) in [7, 11) is 0. The number of benzene rings is 1. The molecule has 0 atom stereocenters. The SMILES string of the molecule is O=c1cc(-c2ccc(Cl)cc2)[nH]c2c(-c3ncco3)cnn12. The van der Waals surface area contributed by atoms with Gasteiger partial charge in [0.25, 0.3) is 5.56 Å². The van der Waals surface area contributed by atoms with Gasteiger partial charge in [0.05, 0.1) is 18.1 Å². The van der Waals surface area contributed by atoms with Crippen LogP contribution in [0, 0.1) is 0 Å². The lowest BCUT2D eigenvalue weighted by Crippen LogP contribution is -2.14. The lowest BCUT2D eigenvalue weighted by atomic mass is 10.1. The molecule has 0 aliphatic heterocycles. The Balaban J connectivity index is 1.96. The molecule has 0 saturated carbocycles. The molecule has 4 rings (SSSR count). The molecule has 0 unspecified atom stereocenters. The highest BCUT2D eigenvalue weighted by Crippen LogP contribution is 2.24. The van der Waals surface area contributed by atoms with Crippen LogP contribution < -0.4 is 5.56 Å². The summed E-state index contributed by atoms with van der Waals surface area (Å²) < 4.78 is 6.56. The third kappa shape index (κ3) is 2.01. The first-order chi connectivity index (χ1) is 10.7. The van der Waals surface area contributed by atoms with E-state index in [0.29, 0.717) is 27.8 Å². The molecule has 1 aromatic carbocycles. The van der Waals surface area contributed by atoms with Gasteiger partial charge in [-0.15, -0.1) is 0 Å². The summed E-state index contributed by atoms with van der Waals surface area (Å²) in [5.74, 6) is 0.402. The molecule has 108 valence electrons. The number of nitrogens with one attached hydrogen (secondary N) is 1. The summed E-state index contributed by atoms with van der Waals surface area (Å²) >= 11 is 5.89. The molecule has 3 aromatic heterocycles. The van der Waals surface area contributed by atoms with Crippen LogP contribution in [0.4, 0.5) is 0 Å². The molecule has 7 heteroatoms. The van der Waals surface area contributed by atoms with Crippen molar-refractivity contribution in [2.75, 3.05) is 0 Å². The number of aromatic amines is 1. The van der Waals surface area contributed by atoms with Gasteiger partial charge in [0, 0.05) is 11.1 Å². The monoisotopic (exact) mass is 312 g/mol. The quantitative estimate of drug-likeness (QED) is 0.617. The molecule has 1 N–H and O–H groups in total. The van der Waals surface area contributed by atoms with Crippen molar-refractivity contribution in [1.82, 2.24) is 19.6 Å². The van der Waals surface area contributed by atoms with Gasteiger partial charge in [0.1, 0.15) is 11.8 Å². The van der Waals surface area contributed by atoms with Gasteiger partial charge in [0.2, 0.25) is 5.89 Å². The Kier molecular flexibility index (Phi) is 2.83. The van der Waals surface area contributed by atoms with Crippen molar-refractivity contribution >= 4 is 17.2 Å². The van der Waals surface area contributed by atoms with E-state index in [1.165, 1.54) is 16.8 Å². The van der Waals surface area contributed by atoms with Crippen molar-refractivity contribution in [3.63, 3.8) is 0 Å². The third-order valence-corrected chi connectivity index (χ3v) is 3.57. The molecule has 0 aliphatic carbocycles. The number of rotatable bonds is 2. The van der Waals surface area contributed by atoms with Crippen molar-refractivity contribution in [3.8, 4) is 22.7 Å². The maximum Gasteiger partial charge on any atom is 0.274 e. The Morgan fingerprint density at radius 1 is 1.23 bits per heavy atom. The second-order valence-corrected chi connectivity index (χ2v) is 5.12. The summed E-state index contributed by atoms with van der Waals surface area (Å²) in [5, 5.41) is 4.71. The minimum Gasteiger partial charge on any atom is -0.444 e. The average Bonchev–Trinajstić information content (AvgIpc) is 3.16. The summed E-state index contributed by atoms with van der Waals surface area (Å²) in [5.41, 5.74) is 2.43. The predicted octanol–water partition coefficient (Wildman–Crippen LogP) is 3.00. The summed E-state index contributed by atoms with van der Waals surface area (Å²) in [6.45, 7) is 0. The standard InChI is InChI=1S/C15H9ClN4O2/c16-10-3-1-9(2-4-10)12-7-13(21)20-14(19-12)11(8-18-20)15-17-5-6-22-15/h1-8,19H. The maximum absolute atomic E-state index is 12.2. The summed E-state index contributed by atoms with van der Waals surface area (Å²) in [6.07, 6.45) is 4.56. The van der Waals surface area contributed by atoms with Crippen LogP contribution >= 0.6 is 11.6 Å². The molecule has 0 aliphatic rings. The normalized spacial score (nSPS) is 11.1. The van der Waals surface area contributed by atoms with E-state index in [9.17, 15) is 4.79 Å². The molecule has 6 nitrogen and oxygen atoms in total. The number of fused-ring (bicyclic) bond motifs is 1. The van der Waals surface area contributed by atoms with Gasteiger partial charge >= 0.3 is 0 Å². The predicted molar refractivity (Wildman–Crippen MR) is 81.8 cm³/mol. The van der Waals surface area contributed by atoms with Crippen LogP contribution in [-0.2, 0) is 0 Å². The van der Waals surface area contributed by atoms with Gasteiger partial charge < -0.3 is 9.40 Å². The average molecular weight is 313 g/mol.